The maximum absolute atomic E-state index is 13.8. The fraction of sp³-hybridized carbons (Fsp3) is 0.379. The Morgan fingerprint density at radius 3 is 2.54 bits per heavy atom. The molecular weight excluding hydrogens is 514 g/mol. The molecule has 6 nitrogen and oxygen atoms in total. The number of amides is 1. The van der Waals surface area contributed by atoms with Gasteiger partial charge < -0.3 is 4.74 Å². The van der Waals surface area contributed by atoms with Gasteiger partial charge in [0.1, 0.15) is 12.4 Å². The average Bonchev–Trinajstić information content (AvgIpc) is 2.96. The van der Waals surface area contributed by atoms with Crippen LogP contribution in [0.3, 0.4) is 0 Å². The smallest absolute Gasteiger partial charge is 0.249 e. The fourth-order valence-corrected chi connectivity index (χ4v) is 5.14. The lowest BCUT2D eigenvalue weighted by Gasteiger charge is -2.39. The van der Waals surface area contributed by atoms with Crippen molar-refractivity contribution in [3.05, 3.63) is 70.7 Å². The van der Waals surface area contributed by atoms with Gasteiger partial charge in [-0.15, -0.1) is 0 Å². The Labute approximate surface area is 223 Å². The Bertz CT molecular complexity index is 1380. The summed E-state index contributed by atoms with van der Waals surface area (Å²) in [6.45, 7) is 0.659. The Kier molecular flexibility index (Phi) is 9.04. The second kappa shape index (κ2) is 12.5. The standard InChI is InChI=1S/C29H29F4N3O3/c1-39-21-6-7-26-23(16-21)22(20(17-30)18-34-26)5-2-8-29(28(37)35-38)9-12-36(13-10-29)11-3-4-19-14-24(31)27(33)25(32)15-19/h6-7,14-16,18,38H,2,5,8-13,17H2,1H3,(H,35,37). The molecule has 3 aromatic rings. The number of nitrogens with one attached hydrogen (secondary N) is 1. The number of aromatic nitrogens is 1. The molecule has 1 aliphatic heterocycles. The van der Waals surface area contributed by atoms with Crippen molar-refractivity contribution in [2.75, 3.05) is 26.7 Å². The lowest BCUT2D eigenvalue weighted by Crippen LogP contribution is -2.48. The van der Waals surface area contributed by atoms with Crippen LogP contribution in [0.4, 0.5) is 17.6 Å². The molecule has 2 aromatic carbocycles. The number of rotatable bonds is 8. The number of carbonyl (C=O) groups is 1. The Hall–Kier alpha value is -3.68. The van der Waals surface area contributed by atoms with E-state index in [2.05, 4.69) is 16.8 Å². The number of halogens is 4. The molecule has 2 heterocycles. The highest BCUT2D eigenvalue weighted by Crippen LogP contribution is 2.38. The summed E-state index contributed by atoms with van der Waals surface area (Å²) >= 11 is 0. The zero-order valence-electron chi connectivity index (χ0n) is 21.5. The van der Waals surface area contributed by atoms with Crippen molar-refractivity contribution in [2.45, 2.75) is 38.8 Å². The van der Waals surface area contributed by atoms with E-state index in [4.69, 9.17) is 4.74 Å². The molecule has 4 rings (SSSR count). The van der Waals surface area contributed by atoms with Gasteiger partial charge in [-0.05, 0) is 68.0 Å². The van der Waals surface area contributed by atoms with Crippen LogP contribution in [-0.2, 0) is 17.9 Å². The molecule has 1 saturated heterocycles. The van der Waals surface area contributed by atoms with Crippen LogP contribution in [0.2, 0.25) is 0 Å². The molecule has 0 saturated carbocycles. The molecular formula is C29H29F4N3O3. The van der Waals surface area contributed by atoms with Crippen LogP contribution in [0.1, 0.15) is 42.4 Å². The minimum atomic E-state index is -1.53. The minimum Gasteiger partial charge on any atom is -0.497 e. The highest BCUT2D eigenvalue weighted by atomic mass is 19.2. The number of likely N-dealkylation sites (tertiary alicyclic amines) is 1. The summed E-state index contributed by atoms with van der Waals surface area (Å²) in [6.07, 6.45) is 4.04. The molecule has 2 N–H and O–H groups in total. The van der Waals surface area contributed by atoms with Gasteiger partial charge in [0.2, 0.25) is 5.91 Å². The van der Waals surface area contributed by atoms with E-state index in [1.54, 1.807) is 13.2 Å². The molecule has 0 spiro atoms. The highest BCUT2D eigenvalue weighted by molar-refractivity contribution is 5.84. The van der Waals surface area contributed by atoms with Crippen LogP contribution in [0, 0.1) is 34.7 Å². The third-order valence-corrected chi connectivity index (χ3v) is 7.42. The molecule has 1 fully saturated rings. The van der Waals surface area contributed by atoms with E-state index in [-0.39, 0.29) is 5.56 Å². The van der Waals surface area contributed by atoms with Gasteiger partial charge in [0, 0.05) is 35.8 Å². The van der Waals surface area contributed by atoms with Gasteiger partial charge in [0.05, 0.1) is 24.6 Å². The zero-order chi connectivity index (χ0) is 28.0. The van der Waals surface area contributed by atoms with Gasteiger partial charge >= 0.3 is 0 Å². The summed E-state index contributed by atoms with van der Waals surface area (Å²) in [5, 5.41) is 10.3. The number of carbonyl (C=O) groups excluding carboxylic acids is 1. The molecule has 39 heavy (non-hydrogen) atoms. The zero-order valence-corrected chi connectivity index (χ0v) is 21.5. The van der Waals surface area contributed by atoms with Crippen molar-refractivity contribution in [3.8, 4) is 17.6 Å². The van der Waals surface area contributed by atoms with Crippen molar-refractivity contribution in [2.24, 2.45) is 5.41 Å². The van der Waals surface area contributed by atoms with Crippen LogP contribution >= 0.6 is 0 Å². The van der Waals surface area contributed by atoms with Gasteiger partial charge in [-0.3, -0.25) is 19.9 Å². The number of hydrogen-bond acceptors (Lipinski definition) is 5. The summed E-state index contributed by atoms with van der Waals surface area (Å²) in [5.41, 5.74) is 3.08. The largest absolute Gasteiger partial charge is 0.497 e. The topological polar surface area (TPSA) is 74.7 Å². The Morgan fingerprint density at radius 1 is 1.18 bits per heavy atom. The first-order chi connectivity index (χ1) is 18.8. The van der Waals surface area contributed by atoms with E-state index in [1.807, 2.05) is 22.5 Å². The molecule has 1 aliphatic rings. The number of benzene rings is 2. The lowest BCUT2D eigenvalue weighted by atomic mass is 9.73. The number of methoxy groups -OCH3 is 1. The highest BCUT2D eigenvalue weighted by Gasteiger charge is 2.40. The first-order valence-corrected chi connectivity index (χ1v) is 12.6. The predicted octanol–water partition coefficient (Wildman–Crippen LogP) is 5.09. The number of hydroxylamine groups is 1. The quantitative estimate of drug-likeness (QED) is 0.136. The van der Waals surface area contributed by atoms with Crippen LogP contribution in [0.25, 0.3) is 10.9 Å². The summed E-state index contributed by atoms with van der Waals surface area (Å²) in [6, 6.07) is 7.13. The molecule has 0 atom stereocenters. The van der Waals surface area contributed by atoms with E-state index >= 15 is 0 Å². The van der Waals surface area contributed by atoms with Crippen LogP contribution in [0.15, 0.2) is 36.5 Å². The summed E-state index contributed by atoms with van der Waals surface area (Å²) < 4.78 is 59.1. The number of nitrogens with zero attached hydrogens (tertiary/aromatic N) is 2. The molecule has 0 unspecified atom stereocenters. The van der Waals surface area contributed by atoms with Crippen molar-refractivity contribution in [1.82, 2.24) is 15.4 Å². The van der Waals surface area contributed by atoms with E-state index in [0.29, 0.717) is 63.1 Å². The molecule has 1 amide bonds. The number of fused-ring (bicyclic) bond motifs is 1. The van der Waals surface area contributed by atoms with E-state index < -0.39 is 35.4 Å². The molecule has 0 radical (unpaired) electrons. The Balaban J connectivity index is 1.42. The third-order valence-electron chi connectivity index (χ3n) is 7.42. The summed E-state index contributed by atoms with van der Waals surface area (Å²) in [5.74, 6) is 1.53. The normalized spacial score (nSPS) is 15.0. The number of piperidine rings is 1. The number of pyridine rings is 1. The number of aryl methyl sites for hydroxylation is 1. The maximum Gasteiger partial charge on any atom is 0.249 e. The molecule has 1 aromatic heterocycles. The fourth-order valence-electron chi connectivity index (χ4n) is 5.14. The van der Waals surface area contributed by atoms with Gasteiger partial charge in [0.15, 0.2) is 17.5 Å². The van der Waals surface area contributed by atoms with Gasteiger partial charge in [-0.2, -0.15) is 0 Å². The lowest BCUT2D eigenvalue weighted by molar-refractivity contribution is -0.143. The minimum absolute atomic E-state index is 0.0336. The van der Waals surface area contributed by atoms with Gasteiger partial charge in [0.25, 0.3) is 0 Å². The first kappa shape index (κ1) is 28.3. The average molecular weight is 544 g/mol. The van der Waals surface area contributed by atoms with Gasteiger partial charge in [-0.1, -0.05) is 11.8 Å². The van der Waals surface area contributed by atoms with Crippen molar-refractivity contribution in [3.63, 3.8) is 0 Å². The van der Waals surface area contributed by atoms with E-state index in [9.17, 15) is 27.6 Å². The van der Waals surface area contributed by atoms with E-state index in [1.165, 1.54) is 6.20 Å². The maximum atomic E-state index is 13.8. The molecule has 0 bridgehead atoms. The van der Waals surface area contributed by atoms with Crippen LogP contribution < -0.4 is 10.2 Å². The molecule has 10 heteroatoms. The van der Waals surface area contributed by atoms with Crippen molar-refractivity contribution in [1.29, 1.82) is 0 Å². The predicted molar refractivity (Wildman–Crippen MR) is 137 cm³/mol. The third kappa shape index (κ3) is 6.32. The summed E-state index contributed by atoms with van der Waals surface area (Å²) in [4.78, 5) is 19.1. The number of hydrogen-bond donors (Lipinski definition) is 2. The second-order valence-corrected chi connectivity index (χ2v) is 9.69. The van der Waals surface area contributed by atoms with E-state index in [0.717, 1.165) is 28.6 Å². The van der Waals surface area contributed by atoms with Crippen LogP contribution in [0.5, 0.6) is 5.75 Å². The summed E-state index contributed by atoms with van der Waals surface area (Å²) in [7, 11) is 1.56. The van der Waals surface area contributed by atoms with Gasteiger partial charge in [-0.25, -0.2) is 23.0 Å². The number of ether oxygens (including phenoxy) is 1. The van der Waals surface area contributed by atoms with Crippen molar-refractivity contribution >= 4 is 16.8 Å². The second-order valence-electron chi connectivity index (χ2n) is 9.69. The monoisotopic (exact) mass is 543 g/mol. The SMILES string of the molecule is COc1ccc2ncc(CF)c(CCCC3(C(=O)NO)CCN(CC#Cc4cc(F)c(F)c(F)c4)CC3)c2c1. The first-order valence-electron chi connectivity index (χ1n) is 12.6. The van der Waals surface area contributed by atoms with Crippen molar-refractivity contribution < 1.29 is 32.3 Å². The van der Waals surface area contributed by atoms with Crippen LogP contribution in [-0.4, -0.2) is 47.7 Å². The number of alkyl halides is 1. The Morgan fingerprint density at radius 2 is 1.90 bits per heavy atom. The molecule has 206 valence electrons. The molecule has 0 aliphatic carbocycles.